The van der Waals surface area contributed by atoms with Crippen molar-refractivity contribution in [2.45, 2.75) is 45.1 Å². The second-order valence-electron chi connectivity index (χ2n) is 7.06. The SMILES string of the molecule is CCC1(CO)CCN(c2cc(C3CCOC3)nc(COC)n2)CC1. The zero-order chi connectivity index (χ0) is 17.0. The van der Waals surface area contributed by atoms with Crippen LogP contribution >= 0.6 is 0 Å². The molecule has 0 amide bonds. The number of piperidine rings is 1. The molecule has 134 valence electrons. The Labute approximate surface area is 144 Å². The van der Waals surface area contributed by atoms with Gasteiger partial charge in [0.05, 0.1) is 12.3 Å². The van der Waals surface area contributed by atoms with Gasteiger partial charge >= 0.3 is 0 Å². The third-order valence-electron chi connectivity index (χ3n) is 5.63. The molecule has 24 heavy (non-hydrogen) atoms. The van der Waals surface area contributed by atoms with Crippen LogP contribution in [0.3, 0.4) is 0 Å². The highest BCUT2D eigenvalue weighted by atomic mass is 16.5. The van der Waals surface area contributed by atoms with E-state index in [-0.39, 0.29) is 12.0 Å². The number of rotatable bonds is 6. The lowest BCUT2D eigenvalue weighted by Gasteiger charge is -2.40. The molecule has 3 heterocycles. The maximum Gasteiger partial charge on any atom is 0.156 e. The zero-order valence-electron chi connectivity index (χ0n) is 14.8. The Kier molecular flexibility index (Phi) is 5.69. The molecule has 6 nitrogen and oxygen atoms in total. The Hall–Kier alpha value is -1.24. The second kappa shape index (κ2) is 7.76. The number of anilines is 1. The third-order valence-corrected chi connectivity index (χ3v) is 5.63. The quantitative estimate of drug-likeness (QED) is 0.859. The van der Waals surface area contributed by atoms with E-state index in [9.17, 15) is 5.11 Å². The van der Waals surface area contributed by atoms with Gasteiger partial charge in [0.1, 0.15) is 12.4 Å². The van der Waals surface area contributed by atoms with Crippen LogP contribution < -0.4 is 4.90 Å². The predicted molar refractivity (Wildman–Crippen MR) is 92.2 cm³/mol. The number of nitrogens with zero attached hydrogens (tertiary/aromatic N) is 3. The van der Waals surface area contributed by atoms with Crippen molar-refractivity contribution in [3.05, 3.63) is 17.6 Å². The first kappa shape index (κ1) is 17.6. The summed E-state index contributed by atoms with van der Waals surface area (Å²) in [5.41, 5.74) is 1.15. The van der Waals surface area contributed by atoms with Gasteiger partial charge in [-0.25, -0.2) is 9.97 Å². The van der Waals surface area contributed by atoms with Crippen molar-refractivity contribution in [3.63, 3.8) is 0 Å². The van der Waals surface area contributed by atoms with Crippen LogP contribution in [0.2, 0.25) is 0 Å². The standard InChI is InChI=1S/C18H29N3O3/c1-3-18(13-22)5-7-21(8-6-18)17-10-15(14-4-9-24-11-14)19-16(20-17)12-23-2/h10,14,22H,3-9,11-13H2,1-2H3. The Morgan fingerprint density at radius 2 is 2.17 bits per heavy atom. The summed E-state index contributed by atoms with van der Waals surface area (Å²) < 4.78 is 10.8. The molecule has 1 N–H and O–H groups in total. The molecule has 1 atom stereocenters. The molecule has 2 aliphatic rings. The largest absolute Gasteiger partial charge is 0.396 e. The maximum atomic E-state index is 9.73. The third kappa shape index (κ3) is 3.71. The van der Waals surface area contributed by atoms with E-state index >= 15 is 0 Å². The number of ether oxygens (including phenoxy) is 2. The molecule has 0 radical (unpaired) electrons. The lowest BCUT2D eigenvalue weighted by Crippen LogP contribution is -2.42. The predicted octanol–water partition coefficient (Wildman–Crippen LogP) is 2.12. The van der Waals surface area contributed by atoms with Gasteiger partial charge in [-0.05, 0) is 31.1 Å². The monoisotopic (exact) mass is 335 g/mol. The van der Waals surface area contributed by atoms with Gasteiger partial charge in [-0.15, -0.1) is 0 Å². The topological polar surface area (TPSA) is 67.7 Å². The Bertz CT molecular complexity index is 532. The van der Waals surface area contributed by atoms with Crippen LogP contribution in [0.15, 0.2) is 6.07 Å². The second-order valence-corrected chi connectivity index (χ2v) is 7.06. The van der Waals surface area contributed by atoms with Crippen molar-refractivity contribution in [2.24, 2.45) is 5.41 Å². The molecular weight excluding hydrogens is 306 g/mol. The van der Waals surface area contributed by atoms with Crippen molar-refractivity contribution in [3.8, 4) is 0 Å². The molecule has 0 bridgehead atoms. The van der Waals surface area contributed by atoms with Gasteiger partial charge in [0.2, 0.25) is 0 Å². The van der Waals surface area contributed by atoms with E-state index < -0.39 is 0 Å². The van der Waals surface area contributed by atoms with Crippen LogP contribution in [-0.2, 0) is 16.1 Å². The number of aromatic nitrogens is 2. The van der Waals surface area contributed by atoms with E-state index in [0.29, 0.717) is 12.5 Å². The summed E-state index contributed by atoms with van der Waals surface area (Å²) >= 11 is 0. The summed E-state index contributed by atoms with van der Waals surface area (Å²) in [6, 6.07) is 2.12. The minimum Gasteiger partial charge on any atom is -0.396 e. The lowest BCUT2D eigenvalue weighted by molar-refractivity contribution is 0.0920. The van der Waals surface area contributed by atoms with Crippen LogP contribution in [0, 0.1) is 5.41 Å². The van der Waals surface area contributed by atoms with Crippen molar-refractivity contribution in [1.82, 2.24) is 9.97 Å². The summed E-state index contributed by atoms with van der Waals surface area (Å²) in [4.78, 5) is 11.7. The van der Waals surface area contributed by atoms with Gasteiger partial charge < -0.3 is 19.5 Å². The minimum atomic E-state index is 0.0843. The van der Waals surface area contributed by atoms with E-state index in [2.05, 4.69) is 22.9 Å². The molecule has 1 unspecified atom stereocenters. The van der Waals surface area contributed by atoms with E-state index in [0.717, 1.165) is 69.3 Å². The Morgan fingerprint density at radius 3 is 2.75 bits per heavy atom. The first-order chi connectivity index (χ1) is 11.7. The fourth-order valence-electron chi connectivity index (χ4n) is 3.67. The van der Waals surface area contributed by atoms with Crippen LogP contribution in [-0.4, -0.2) is 55.1 Å². The minimum absolute atomic E-state index is 0.0843. The number of hydrogen-bond acceptors (Lipinski definition) is 6. The van der Waals surface area contributed by atoms with Crippen molar-refractivity contribution >= 4 is 5.82 Å². The number of hydrogen-bond donors (Lipinski definition) is 1. The zero-order valence-corrected chi connectivity index (χ0v) is 14.8. The van der Waals surface area contributed by atoms with Crippen molar-refractivity contribution in [1.29, 1.82) is 0 Å². The molecule has 2 saturated heterocycles. The summed E-state index contributed by atoms with van der Waals surface area (Å²) in [6.07, 6.45) is 4.06. The molecule has 0 saturated carbocycles. The van der Waals surface area contributed by atoms with Crippen LogP contribution in [0.25, 0.3) is 0 Å². The van der Waals surface area contributed by atoms with E-state index in [1.807, 2.05) is 0 Å². The summed E-state index contributed by atoms with van der Waals surface area (Å²) in [6.45, 7) is 6.29. The normalized spacial score (nSPS) is 23.6. The molecule has 3 rings (SSSR count). The molecular formula is C18H29N3O3. The molecule has 2 aliphatic heterocycles. The highest BCUT2D eigenvalue weighted by Crippen LogP contribution is 2.36. The van der Waals surface area contributed by atoms with Gasteiger partial charge in [0.25, 0.3) is 0 Å². The van der Waals surface area contributed by atoms with Crippen LogP contribution in [0.1, 0.15) is 50.0 Å². The molecule has 2 fully saturated rings. The summed E-state index contributed by atoms with van der Waals surface area (Å²) in [5, 5.41) is 9.73. The molecule has 0 aromatic carbocycles. The number of aliphatic hydroxyl groups is 1. The fraction of sp³-hybridized carbons (Fsp3) is 0.778. The fourth-order valence-corrected chi connectivity index (χ4v) is 3.67. The number of aliphatic hydroxyl groups excluding tert-OH is 1. The highest BCUT2D eigenvalue weighted by Gasteiger charge is 2.33. The molecule has 6 heteroatoms. The summed E-state index contributed by atoms with van der Waals surface area (Å²) in [5.74, 6) is 2.09. The first-order valence-corrected chi connectivity index (χ1v) is 9.00. The molecule has 1 aromatic rings. The van der Waals surface area contributed by atoms with Crippen molar-refractivity contribution in [2.75, 3.05) is 44.9 Å². The first-order valence-electron chi connectivity index (χ1n) is 9.00. The van der Waals surface area contributed by atoms with E-state index in [1.54, 1.807) is 7.11 Å². The van der Waals surface area contributed by atoms with Crippen LogP contribution in [0.5, 0.6) is 0 Å². The van der Waals surface area contributed by atoms with Crippen LogP contribution in [0.4, 0.5) is 5.82 Å². The highest BCUT2D eigenvalue weighted by molar-refractivity contribution is 5.41. The van der Waals surface area contributed by atoms with Gasteiger partial charge in [-0.1, -0.05) is 6.92 Å². The maximum absolute atomic E-state index is 9.73. The summed E-state index contributed by atoms with van der Waals surface area (Å²) in [7, 11) is 1.67. The Balaban J connectivity index is 1.79. The lowest BCUT2D eigenvalue weighted by atomic mass is 9.77. The smallest absolute Gasteiger partial charge is 0.156 e. The molecule has 1 aromatic heterocycles. The van der Waals surface area contributed by atoms with Gasteiger partial charge in [0.15, 0.2) is 5.82 Å². The van der Waals surface area contributed by atoms with Gasteiger partial charge in [0, 0.05) is 45.4 Å². The average molecular weight is 335 g/mol. The van der Waals surface area contributed by atoms with Gasteiger partial charge in [-0.2, -0.15) is 0 Å². The average Bonchev–Trinajstić information content (AvgIpc) is 3.16. The number of methoxy groups -OCH3 is 1. The molecule has 0 aliphatic carbocycles. The van der Waals surface area contributed by atoms with E-state index in [1.165, 1.54) is 0 Å². The molecule has 0 spiro atoms. The van der Waals surface area contributed by atoms with Gasteiger partial charge in [-0.3, -0.25) is 0 Å². The Morgan fingerprint density at radius 1 is 1.38 bits per heavy atom. The van der Waals surface area contributed by atoms with Crippen molar-refractivity contribution < 1.29 is 14.6 Å². The van der Waals surface area contributed by atoms with E-state index in [4.69, 9.17) is 14.5 Å².